The van der Waals surface area contributed by atoms with Crippen molar-refractivity contribution >= 4 is 11.6 Å². The van der Waals surface area contributed by atoms with Gasteiger partial charge in [-0.1, -0.05) is 13.8 Å². The van der Waals surface area contributed by atoms with Crippen molar-refractivity contribution in [3.05, 3.63) is 29.1 Å². The van der Waals surface area contributed by atoms with Crippen LogP contribution in [0.2, 0.25) is 0 Å². The number of nitrogens with two attached hydrogens (primary N) is 1. The lowest BCUT2D eigenvalue weighted by Crippen LogP contribution is -2.41. The highest BCUT2D eigenvalue weighted by Gasteiger charge is 2.23. The van der Waals surface area contributed by atoms with Gasteiger partial charge in [0, 0.05) is 36.5 Å². The van der Waals surface area contributed by atoms with Crippen LogP contribution >= 0.6 is 0 Å². The van der Waals surface area contributed by atoms with Gasteiger partial charge in [-0.15, -0.1) is 0 Å². The van der Waals surface area contributed by atoms with E-state index in [1.165, 1.54) is 6.07 Å². The Balaban J connectivity index is 3.09. The molecule has 0 aromatic heterocycles. The van der Waals surface area contributed by atoms with Gasteiger partial charge >= 0.3 is 0 Å². The van der Waals surface area contributed by atoms with Crippen molar-refractivity contribution < 1.29 is 13.9 Å². The molecule has 1 rings (SSSR count). The first kappa shape index (κ1) is 17.4. The number of carbonyl (C=O) groups excluding carboxylic acids is 1. The van der Waals surface area contributed by atoms with Gasteiger partial charge in [0.15, 0.2) is 0 Å². The number of methoxy groups -OCH3 is 1. The standard InChI is InChI=1S/C16H25FN2O2/c1-5-13(6-2)19(7-8-21-4)16(20)12-9-14(17)11(3)15(18)10-12/h9-10,13H,5-8,18H2,1-4H3. The summed E-state index contributed by atoms with van der Waals surface area (Å²) in [6.07, 6.45) is 1.69. The molecule has 1 amide bonds. The van der Waals surface area contributed by atoms with Gasteiger partial charge in [0.2, 0.25) is 0 Å². The summed E-state index contributed by atoms with van der Waals surface area (Å²) in [7, 11) is 1.60. The third-order valence-corrected chi connectivity index (χ3v) is 3.81. The van der Waals surface area contributed by atoms with Gasteiger partial charge < -0.3 is 15.4 Å². The zero-order chi connectivity index (χ0) is 16.0. The normalized spacial score (nSPS) is 11.0. The van der Waals surface area contributed by atoms with Gasteiger partial charge in [0.05, 0.1) is 6.61 Å². The Hall–Kier alpha value is -1.62. The van der Waals surface area contributed by atoms with Crippen molar-refractivity contribution in [2.45, 2.75) is 39.7 Å². The molecule has 0 unspecified atom stereocenters. The van der Waals surface area contributed by atoms with E-state index in [-0.39, 0.29) is 11.9 Å². The summed E-state index contributed by atoms with van der Waals surface area (Å²) >= 11 is 0. The van der Waals surface area contributed by atoms with Crippen LogP contribution in [-0.4, -0.2) is 37.1 Å². The van der Waals surface area contributed by atoms with Crippen molar-refractivity contribution in [1.82, 2.24) is 4.90 Å². The van der Waals surface area contributed by atoms with E-state index in [1.807, 2.05) is 13.8 Å². The highest BCUT2D eigenvalue weighted by Crippen LogP contribution is 2.20. The van der Waals surface area contributed by atoms with Gasteiger partial charge in [0.1, 0.15) is 5.82 Å². The number of anilines is 1. The number of nitrogen functional groups attached to an aromatic ring is 1. The van der Waals surface area contributed by atoms with Crippen LogP contribution in [-0.2, 0) is 4.74 Å². The number of nitrogens with zero attached hydrogens (tertiary/aromatic N) is 1. The molecule has 0 spiro atoms. The van der Waals surface area contributed by atoms with E-state index < -0.39 is 5.82 Å². The fourth-order valence-corrected chi connectivity index (χ4v) is 2.36. The van der Waals surface area contributed by atoms with Crippen LogP contribution in [0.3, 0.4) is 0 Å². The molecule has 0 heterocycles. The van der Waals surface area contributed by atoms with Crippen LogP contribution in [0.4, 0.5) is 10.1 Å². The molecule has 0 saturated heterocycles. The molecule has 0 fully saturated rings. The van der Waals surface area contributed by atoms with E-state index in [9.17, 15) is 9.18 Å². The largest absolute Gasteiger partial charge is 0.398 e. The summed E-state index contributed by atoms with van der Waals surface area (Å²) < 4.78 is 18.9. The topological polar surface area (TPSA) is 55.6 Å². The van der Waals surface area contributed by atoms with E-state index in [1.54, 1.807) is 25.0 Å². The lowest BCUT2D eigenvalue weighted by molar-refractivity contribution is 0.0589. The molecule has 0 aliphatic heterocycles. The molecular formula is C16H25FN2O2. The third kappa shape index (κ3) is 4.17. The number of ether oxygens (including phenoxy) is 1. The predicted molar refractivity (Wildman–Crippen MR) is 82.8 cm³/mol. The highest BCUT2D eigenvalue weighted by molar-refractivity contribution is 5.95. The van der Waals surface area contributed by atoms with E-state index in [0.29, 0.717) is 30.0 Å². The molecule has 0 radical (unpaired) electrons. The van der Waals surface area contributed by atoms with Crippen LogP contribution in [0, 0.1) is 12.7 Å². The Kier molecular flexibility index (Phi) is 6.62. The maximum atomic E-state index is 13.8. The summed E-state index contributed by atoms with van der Waals surface area (Å²) in [6, 6.07) is 2.91. The number of hydrogen-bond donors (Lipinski definition) is 1. The average Bonchev–Trinajstić information content (AvgIpc) is 2.47. The van der Waals surface area contributed by atoms with Crippen LogP contribution in [0.5, 0.6) is 0 Å². The zero-order valence-electron chi connectivity index (χ0n) is 13.3. The molecule has 0 aliphatic carbocycles. The summed E-state index contributed by atoms with van der Waals surface area (Å²) in [5.41, 5.74) is 6.73. The SMILES string of the molecule is CCC(CC)N(CCOC)C(=O)c1cc(N)c(C)c(F)c1. The van der Waals surface area contributed by atoms with E-state index in [0.717, 1.165) is 12.8 Å². The van der Waals surface area contributed by atoms with Gasteiger partial charge in [-0.05, 0) is 31.9 Å². The second-order valence-electron chi connectivity index (χ2n) is 5.13. The second kappa shape index (κ2) is 7.98. The molecule has 21 heavy (non-hydrogen) atoms. The van der Waals surface area contributed by atoms with E-state index in [2.05, 4.69) is 0 Å². The van der Waals surface area contributed by atoms with Gasteiger partial charge in [0.25, 0.3) is 5.91 Å². The molecule has 0 aliphatic rings. The second-order valence-corrected chi connectivity index (χ2v) is 5.13. The van der Waals surface area contributed by atoms with E-state index in [4.69, 9.17) is 10.5 Å². The summed E-state index contributed by atoms with van der Waals surface area (Å²) in [4.78, 5) is 14.4. The fourth-order valence-electron chi connectivity index (χ4n) is 2.36. The van der Waals surface area contributed by atoms with Crippen LogP contribution in [0.15, 0.2) is 12.1 Å². The quantitative estimate of drug-likeness (QED) is 0.787. The van der Waals surface area contributed by atoms with Crippen LogP contribution in [0.25, 0.3) is 0 Å². The number of carbonyl (C=O) groups is 1. The Labute approximate surface area is 126 Å². The van der Waals surface area contributed by atoms with Crippen molar-refractivity contribution in [2.75, 3.05) is 26.0 Å². The highest BCUT2D eigenvalue weighted by atomic mass is 19.1. The number of rotatable bonds is 7. The Morgan fingerprint density at radius 2 is 2.00 bits per heavy atom. The lowest BCUT2D eigenvalue weighted by atomic mass is 10.1. The molecule has 1 aromatic carbocycles. The van der Waals surface area contributed by atoms with Crippen LogP contribution < -0.4 is 5.73 Å². The number of benzene rings is 1. The number of hydrogen-bond acceptors (Lipinski definition) is 3. The van der Waals surface area contributed by atoms with Crippen molar-refractivity contribution in [3.63, 3.8) is 0 Å². The third-order valence-electron chi connectivity index (χ3n) is 3.81. The molecule has 0 saturated carbocycles. The maximum Gasteiger partial charge on any atom is 0.254 e. The van der Waals surface area contributed by atoms with Gasteiger partial charge in [-0.25, -0.2) is 4.39 Å². The minimum atomic E-state index is -0.449. The Bertz CT molecular complexity index is 464. The number of halogens is 1. The van der Waals surface area contributed by atoms with Crippen LogP contribution in [0.1, 0.15) is 42.6 Å². The first-order valence-electron chi connectivity index (χ1n) is 7.31. The predicted octanol–water partition coefficient (Wildman–Crippen LogP) is 2.99. The average molecular weight is 296 g/mol. The molecular weight excluding hydrogens is 271 g/mol. The molecule has 2 N–H and O–H groups in total. The summed E-state index contributed by atoms with van der Waals surface area (Å²) in [5, 5.41) is 0. The Morgan fingerprint density at radius 3 is 2.48 bits per heavy atom. The lowest BCUT2D eigenvalue weighted by Gasteiger charge is -2.30. The first-order chi connectivity index (χ1) is 9.96. The fraction of sp³-hybridized carbons (Fsp3) is 0.562. The van der Waals surface area contributed by atoms with Gasteiger partial charge in [-0.2, -0.15) is 0 Å². The smallest absolute Gasteiger partial charge is 0.254 e. The molecule has 4 nitrogen and oxygen atoms in total. The molecule has 5 heteroatoms. The molecule has 118 valence electrons. The minimum absolute atomic E-state index is 0.109. The van der Waals surface area contributed by atoms with Crippen molar-refractivity contribution in [3.8, 4) is 0 Å². The summed E-state index contributed by atoms with van der Waals surface area (Å²) in [6.45, 7) is 6.60. The molecule has 0 bridgehead atoms. The van der Waals surface area contributed by atoms with Crippen molar-refractivity contribution in [2.24, 2.45) is 0 Å². The maximum absolute atomic E-state index is 13.8. The number of amides is 1. The summed E-state index contributed by atoms with van der Waals surface area (Å²) in [5.74, 6) is -0.652. The van der Waals surface area contributed by atoms with Gasteiger partial charge in [-0.3, -0.25) is 4.79 Å². The molecule has 1 aromatic rings. The van der Waals surface area contributed by atoms with E-state index >= 15 is 0 Å². The Morgan fingerprint density at radius 1 is 1.38 bits per heavy atom. The molecule has 0 atom stereocenters. The monoisotopic (exact) mass is 296 g/mol. The van der Waals surface area contributed by atoms with Crippen molar-refractivity contribution in [1.29, 1.82) is 0 Å². The first-order valence-corrected chi connectivity index (χ1v) is 7.31. The zero-order valence-corrected chi connectivity index (χ0v) is 13.3. The minimum Gasteiger partial charge on any atom is -0.398 e.